The first kappa shape index (κ1) is 87.1. The molecule has 6 rings (SSSR count). The number of carbonyl (C=O) groups excluding carboxylic acids is 11. The fraction of sp³-hybridized carbons (Fsp3) is 0.494. The average molecular weight is 1530 g/mol. The van der Waals surface area contributed by atoms with E-state index in [4.69, 9.17) is 17.3 Å². The van der Waals surface area contributed by atoms with Crippen LogP contribution in [0.15, 0.2) is 126 Å². The summed E-state index contributed by atoms with van der Waals surface area (Å²) in [4.78, 5) is 176. The molecule has 32 heteroatoms. The third-order valence-corrected chi connectivity index (χ3v) is 18.0. The highest BCUT2D eigenvalue weighted by atomic mass is 35.5. The summed E-state index contributed by atoms with van der Waals surface area (Å²) in [6.45, 7) is 15.7. The van der Waals surface area contributed by atoms with Gasteiger partial charge in [-0.1, -0.05) is 92.2 Å². The van der Waals surface area contributed by atoms with Crippen molar-refractivity contribution in [3.63, 3.8) is 0 Å². The number of guanidine groups is 2. The lowest BCUT2D eigenvalue weighted by Gasteiger charge is -2.31. The fourth-order valence-electron chi connectivity index (χ4n) is 12.3. The smallest absolute Gasteiger partial charge is 0.245 e. The molecule has 1 fully saturated rings. The molecule has 31 nitrogen and oxygen atoms in total. The monoisotopic (exact) mass is 1530 g/mol. The summed E-state index contributed by atoms with van der Waals surface area (Å²) in [5.74, 6) is -7.72. The first-order valence-electron chi connectivity index (χ1n) is 37.3. The number of fused-ring (bicyclic) bond motifs is 1. The molecule has 590 valence electrons. The first-order chi connectivity index (χ1) is 52.3. The predicted molar refractivity (Wildman–Crippen MR) is 416 cm³/mol. The van der Waals surface area contributed by atoms with Crippen LogP contribution in [0.5, 0.6) is 0 Å². The highest BCUT2D eigenvalue weighted by molar-refractivity contribution is 6.30. The van der Waals surface area contributed by atoms with Gasteiger partial charge in [-0.25, -0.2) is 0 Å². The van der Waals surface area contributed by atoms with Gasteiger partial charge in [0.1, 0.15) is 60.4 Å². The van der Waals surface area contributed by atoms with Crippen molar-refractivity contribution >= 4 is 99.3 Å². The Kier molecular flexibility index (Phi) is 36.6. The zero-order valence-electron chi connectivity index (χ0n) is 63.4. The number of nitrogens with one attached hydrogen (secondary N) is 13. The number of halogens is 1. The second-order valence-corrected chi connectivity index (χ2v) is 27.5. The molecule has 11 amide bonds. The molecule has 0 unspecified atom stereocenters. The number of aromatic nitrogens is 2. The van der Waals surface area contributed by atoms with Gasteiger partial charge in [0, 0.05) is 108 Å². The van der Waals surface area contributed by atoms with Crippen LogP contribution < -0.4 is 74.9 Å². The number of amides is 11. The number of rotatable bonds is 42. The maximum atomic E-state index is 15.1. The minimum absolute atomic E-state index is 0.0427. The maximum Gasteiger partial charge on any atom is 0.245 e. The van der Waals surface area contributed by atoms with Crippen molar-refractivity contribution in [3.05, 3.63) is 143 Å². The molecule has 0 radical (unpaired) electrons. The molecule has 1 aliphatic rings. The van der Waals surface area contributed by atoms with Crippen molar-refractivity contribution in [1.82, 2.24) is 84.0 Å². The van der Waals surface area contributed by atoms with E-state index in [0.717, 1.165) is 16.3 Å². The number of aliphatic hydroxyl groups excluding tert-OH is 1. The summed E-state index contributed by atoms with van der Waals surface area (Å²) in [5, 5.41) is 50.5. The van der Waals surface area contributed by atoms with Gasteiger partial charge in [-0.15, -0.1) is 0 Å². The van der Waals surface area contributed by atoms with Crippen LogP contribution in [-0.2, 0) is 78.4 Å². The van der Waals surface area contributed by atoms with Gasteiger partial charge in [-0.05, 0) is 143 Å². The first-order valence-corrected chi connectivity index (χ1v) is 37.7. The molecular weight excluding hydrogens is 1420 g/mol. The number of aliphatic hydroxyl groups is 1. The number of hydrogen-bond donors (Lipinski definition) is 15. The van der Waals surface area contributed by atoms with Crippen molar-refractivity contribution in [1.29, 1.82) is 0 Å². The van der Waals surface area contributed by atoms with Crippen molar-refractivity contribution in [3.8, 4) is 0 Å². The second-order valence-electron chi connectivity index (χ2n) is 27.0. The third kappa shape index (κ3) is 29.4. The number of hydrogen-bond acceptors (Lipinski definition) is 16. The standard InChI is InChI=1S/C77H108ClN19O12/c1-9-82-76(83-10-2)86-35-17-24-57(67(101)93-62(42-52-20-15-33-80-44-52)71(105)92-59(38-47(5)6)68(102)91-58(25-18-36-87-77(84-11-3)85-12-4)75(109)97-37-19-26-65(97)74(108)88-48(7)66(79)100)90-73(107)64(46-98)96-72(106)63(43-53-21-16-34-81-45-53)95-70(104)61(40-50-28-31-56(78)32-29-50)94-69(103)60(89-49(8)99)41-51-27-30-54-22-13-14-23-55(54)39-51/h13-16,20-23,27-34,39,44-45,47-48,57-65,98H,9-12,17-19,24-26,35-38,40-43,46H2,1-8H3,(H2,79,100)(H,88,108)(H,89,99)(H,90,107)(H,91,102)(H,92,105)(H,93,101)(H,94,103)(H,95,104)(H,96,106)(H2,82,83,86)(H2,84,85,87)/t48-,57+,58+,59+,60-,61-,62-,63-,64+,65+/m1/s1. The minimum atomic E-state index is -1.79. The van der Waals surface area contributed by atoms with Gasteiger partial charge in [0.2, 0.25) is 65.0 Å². The van der Waals surface area contributed by atoms with E-state index < -0.39 is 132 Å². The zero-order chi connectivity index (χ0) is 79.4. The van der Waals surface area contributed by atoms with Gasteiger partial charge in [0.25, 0.3) is 0 Å². The molecule has 10 atom stereocenters. The lowest BCUT2D eigenvalue weighted by atomic mass is 9.99. The van der Waals surface area contributed by atoms with Gasteiger partial charge in [-0.2, -0.15) is 0 Å². The molecule has 109 heavy (non-hydrogen) atoms. The van der Waals surface area contributed by atoms with Crippen molar-refractivity contribution < 1.29 is 57.8 Å². The van der Waals surface area contributed by atoms with E-state index in [0.29, 0.717) is 72.7 Å². The summed E-state index contributed by atoms with van der Waals surface area (Å²) in [7, 11) is 0. The van der Waals surface area contributed by atoms with Gasteiger partial charge < -0.3 is 84.9 Å². The van der Waals surface area contributed by atoms with Crippen LogP contribution in [0.25, 0.3) is 10.8 Å². The number of carbonyl (C=O) groups is 11. The van der Waals surface area contributed by atoms with Crippen LogP contribution in [0.2, 0.25) is 5.02 Å². The number of pyridine rings is 2. The van der Waals surface area contributed by atoms with E-state index in [9.17, 15) is 48.3 Å². The van der Waals surface area contributed by atoms with Gasteiger partial charge in [0.05, 0.1) is 6.61 Å². The van der Waals surface area contributed by atoms with Crippen LogP contribution in [-0.4, -0.2) is 210 Å². The van der Waals surface area contributed by atoms with E-state index in [1.807, 2.05) is 84.0 Å². The molecule has 3 heterocycles. The average Bonchev–Trinajstić information content (AvgIpc) is 1.81. The second kappa shape index (κ2) is 45.7. The van der Waals surface area contributed by atoms with E-state index in [2.05, 4.69) is 89.1 Å². The van der Waals surface area contributed by atoms with Crippen molar-refractivity contribution in [2.45, 2.75) is 186 Å². The normalized spacial score (nSPS) is 14.9. The Bertz CT molecular complexity index is 3880. The summed E-state index contributed by atoms with van der Waals surface area (Å²) in [6, 6.07) is 13.0. The van der Waals surface area contributed by atoms with Gasteiger partial charge >= 0.3 is 0 Å². The number of primary amides is 1. The fourth-order valence-corrected chi connectivity index (χ4v) is 12.4. The Morgan fingerprint density at radius 1 is 0.514 bits per heavy atom. The Morgan fingerprint density at radius 2 is 0.945 bits per heavy atom. The van der Waals surface area contributed by atoms with Crippen molar-refractivity contribution in [2.75, 3.05) is 52.4 Å². The van der Waals surface area contributed by atoms with Gasteiger partial charge in [-0.3, -0.25) is 72.7 Å². The Balaban J connectivity index is 1.29. The highest BCUT2D eigenvalue weighted by Gasteiger charge is 2.40. The zero-order valence-corrected chi connectivity index (χ0v) is 64.1. The van der Waals surface area contributed by atoms with Crippen molar-refractivity contribution in [2.24, 2.45) is 21.6 Å². The molecule has 2 aromatic heterocycles. The number of nitrogens with two attached hydrogens (primary N) is 1. The maximum absolute atomic E-state index is 15.1. The molecule has 0 saturated carbocycles. The molecule has 5 aromatic rings. The Labute approximate surface area is 641 Å². The topological polar surface area (TPSA) is 444 Å². The highest BCUT2D eigenvalue weighted by Crippen LogP contribution is 2.22. The largest absolute Gasteiger partial charge is 0.394 e. The lowest BCUT2D eigenvalue weighted by Crippen LogP contribution is -2.61. The van der Waals surface area contributed by atoms with Crippen LogP contribution in [0.1, 0.15) is 123 Å². The summed E-state index contributed by atoms with van der Waals surface area (Å²) in [5.41, 5.74) is 7.69. The number of aliphatic imine (C=N–C) groups is 2. The summed E-state index contributed by atoms with van der Waals surface area (Å²) < 4.78 is 0. The van der Waals surface area contributed by atoms with Crippen LogP contribution in [0.3, 0.4) is 0 Å². The van der Waals surface area contributed by atoms with E-state index in [1.54, 1.807) is 48.5 Å². The predicted octanol–water partition coefficient (Wildman–Crippen LogP) is 1.18. The molecule has 16 N–H and O–H groups in total. The number of benzene rings is 3. The molecule has 3 aromatic carbocycles. The van der Waals surface area contributed by atoms with Crippen LogP contribution >= 0.6 is 11.6 Å². The Hall–Kier alpha value is -10.8. The Morgan fingerprint density at radius 3 is 1.43 bits per heavy atom. The molecule has 1 saturated heterocycles. The lowest BCUT2D eigenvalue weighted by molar-refractivity contribution is -0.142. The molecule has 1 aliphatic heterocycles. The molecular formula is C77H108ClN19O12. The van der Waals surface area contributed by atoms with Gasteiger partial charge in [0.15, 0.2) is 11.9 Å². The number of likely N-dealkylation sites (tertiary alicyclic amines) is 1. The quantitative estimate of drug-likeness (QED) is 0.0148. The van der Waals surface area contributed by atoms with E-state index in [1.165, 1.54) is 43.5 Å². The van der Waals surface area contributed by atoms with E-state index >= 15 is 9.59 Å². The molecule has 0 aliphatic carbocycles. The SMILES string of the molecule is CCNC(=NCCC[C@H](NC(=O)[C@H](CO)NC(=O)[C@@H](Cc1cccnc1)NC(=O)[C@@H](Cc1ccc(Cl)cc1)NC(=O)[C@@H](Cc1ccc2ccccc2c1)NC(C)=O)C(=O)N[C@H](Cc1cccnc1)C(=O)N[C@@H](CC(C)C)C(=O)N[C@@H](CCCN=C(NCC)NCC)C(=O)N1CCC[C@H]1C(=O)N[C@H](C)C(N)=O)NCC. The molecule has 0 bridgehead atoms. The number of nitrogens with zero attached hydrogens (tertiary/aromatic N) is 5. The summed E-state index contributed by atoms with van der Waals surface area (Å²) >= 11 is 6.26. The van der Waals surface area contributed by atoms with Crippen LogP contribution in [0.4, 0.5) is 0 Å². The minimum Gasteiger partial charge on any atom is -0.394 e. The summed E-state index contributed by atoms with van der Waals surface area (Å²) in [6.07, 6.45) is 6.62. The molecule has 0 spiro atoms. The third-order valence-electron chi connectivity index (χ3n) is 17.8. The van der Waals surface area contributed by atoms with Crippen LogP contribution in [0, 0.1) is 5.92 Å². The van der Waals surface area contributed by atoms with E-state index in [-0.39, 0.29) is 83.3 Å².